The Labute approximate surface area is 164 Å². The van der Waals surface area contributed by atoms with Gasteiger partial charge in [-0.1, -0.05) is 28.5 Å². The first-order chi connectivity index (χ1) is 12.6. The van der Waals surface area contributed by atoms with E-state index < -0.39 is 0 Å². The lowest BCUT2D eigenvalue weighted by Crippen LogP contribution is -2.48. The molecule has 2 rings (SSSR count). The second-order valence-corrected chi connectivity index (χ2v) is 9.26. The van der Waals surface area contributed by atoms with E-state index in [1.807, 2.05) is 21.6 Å². The summed E-state index contributed by atoms with van der Waals surface area (Å²) in [6.07, 6.45) is 2.14. The summed E-state index contributed by atoms with van der Waals surface area (Å²) >= 11 is 0. The molecular weight excluding hydrogens is 370 g/mol. The van der Waals surface area contributed by atoms with Gasteiger partial charge < -0.3 is 19.8 Å². The molecule has 8 heteroatoms. The lowest BCUT2D eigenvalue weighted by atomic mass is 10.2. The summed E-state index contributed by atoms with van der Waals surface area (Å²) in [5, 5.41) is 18.5. The van der Waals surface area contributed by atoms with E-state index in [2.05, 4.69) is 28.0 Å². The summed E-state index contributed by atoms with van der Waals surface area (Å²) < 4.78 is 5.81. The van der Waals surface area contributed by atoms with Gasteiger partial charge in [-0.2, -0.15) is 0 Å². The van der Waals surface area contributed by atoms with E-state index in [1.165, 1.54) is 12.3 Å². The van der Waals surface area contributed by atoms with Gasteiger partial charge in [0.15, 0.2) is 0 Å². The number of piperazine rings is 1. The maximum absolute atomic E-state index is 9.23. The molecule has 6 nitrogen and oxygen atoms in total. The predicted octanol–water partition coefficient (Wildman–Crippen LogP) is 1.71. The van der Waals surface area contributed by atoms with Gasteiger partial charge in [-0.15, -0.1) is 0 Å². The van der Waals surface area contributed by atoms with E-state index in [0.29, 0.717) is 23.7 Å². The van der Waals surface area contributed by atoms with Crippen LogP contribution in [0.1, 0.15) is 18.3 Å². The van der Waals surface area contributed by atoms with Crippen molar-refractivity contribution in [3.63, 3.8) is 0 Å². The topological polar surface area (TPSA) is 69.1 Å². The average molecular weight is 402 g/mol. The van der Waals surface area contributed by atoms with Gasteiger partial charge >= 0.3 is 0 Å². The van der Waals surface area contributed by atoms with Crippen molar-refractivity contribution in [1.82, 2.24) is 14.8 Å². The minimum atomic E-state index is -0.153. The molecule has 1 atom stereocenters. The lowest BCUT2D eigenvalue weighted by molar-refractivity contribution is 0.109. The second kappa shape index (κ2) is 12.0. The fraction of sp³-hybridized carbons (Fsp3) is 0.722. The fourth-order valence-corrected chi connectivity index (χ4v) is 4.61. The quantitative estimate of drug-likeness (QED) is 0.543. The van der Waals surface area contributed by atoms with E-state index >= 15 is 0 Å². The monoisotopic (exact) mass is 401 g/mol. The van der Waals surface area contributed by atoms with Crippen molar-refractivity contribution in [2.45, 2.75) is 20.1 Å². The summed E-state index contributed by atoms with van der Waals surface area (Å²) in [6.45, 7) is 9.08. The van der Waals surface area contributed by atoms with Gasteiger partial charge in [0, 0.05) is 57.2 Å². The first-order valence-corrected chi connectivity index (χ1v) is 11.8. The van der Waals surface area contributed by atoms with Gasteiger partial charge in [0.25, 0.3) is 0 Å². The second-order valence-electron chi connectivity index (χ2n) is 6.65. The van der Waals surface area contributed by atoms with Crippen LogP contribution in [0, 0.1) is 5.92 Å². The first kappa shape index (κ1) is 21.8. The minimum Gasteiger partial charge on any atom is -0.492 e. The van der Waals surface area contributed by atoms with E-state index in [1.54, 1.807) is 12.1 Å². The van der Waals surface area contributed by atoms with Crippen LogP contribution in [0.2, 0.25) is 0 Å². The number of aliphatic hydroxyl groups excluding tert-OH is 2. The van der Waals surface area contributed by atoms with Crippen molar-refractivity contribution in [3.8, 4) is 5.75 Å². The fourth-order valence-electron chi connectivity index (χ4n) is 3.03. The molecule has 0 aliphatic carbocycles. The van der Waals surface area contributed by atoms with Crippen LogP contribution in [0.15, 0.2) is 12.1 Å². The van der Waals surface area contributed by atoms with Crippen molar-refractivity contribution in [2.75, 3.05) is 57.9 Å². The van der Waals surface area contributed by atoms with Crippen LogP contribution in [0.5, 0.6) is 5.75 Å². The molecule has 0 amide bonds. The maximum Gasteiger partial charge on any atom is 0.123 e. The molecule has 1 aliphatic rings. The van der Waals surface area contributed by atoms with E-state index in [0.717, 1.165) is 38.6 Å². The largest absolute Gasteiger partial charge is 0.492 e. The molecule has 1 fully saturated rings. The molecule has 26 heavy (non-hydrogen) atoms. The van der Waals surface area contributed by atoms with Crippen LogP contribution < -0.4 is 4.74 Å². The molecule has 1 saturated heterocycles. The summed E-state index contributed by atoms with van der Waals surface area (Å²) in [5.41, 5.74) is 1.04. The summed E-state index contributed by atoms with van der Waals surface area (Å²) in [4.78, 5) is 9.11. The third-order valence-corrected chi connectivity index (χ3v) is 6.47. The average Bonchev–Trinajstić information content (AvgIpc) is 2.67. The maximum atomic E-state index is 9.23. The normalized spacial score (nSPS) is 17.4. The van der Waals surface area contributed by atoms with Gasteiger partial charge in [-0.05, 0) is 12.2 Å². The Kier molecular flexibility index (Phi) is 10.1. The van der Waals surface area contributed by atoms with Gasteiger partial charge in [0.05, 0.1) is 24.6 Å². The standard InChI is InChI=1S/C18H31N3O3S2/c1-15(14-26-25-2)11-21-5-3-20(4-6-21)7-8-24-18-9-16(12-22)19-17(10-18)13-23/h9-10,15,22-23H,3-8,11-14H2,1-2H3. The zero-order chi connectivity index (χ0) is 18.8. The summed E-state index contributed by atoms with van der Waals surface area (Å²) in [6, 6.07) is 3.45. The molecule has 1 unspecified atom stereocenters. The van der Waals surface area contributed by atoms with Crippen LogP contribution >= 0.6 is 21.6 Å². The van der Waals surface area contributed by atoms with Crippen molar-refractivity contribution in [2.24, 2.45) is 5.92 Å². The Morgan fingerprint density at radius 1 is 1.12 bits per heavy atom. The molecular formula is C18H31N3O3S2. The molecule has 0 spiro atoms. The molecule has 1 aromatic heterocycles. The number of aromatic nitrogens is 1. The Hall–Kier alpha value is -0.510. The lowest BCUT2D eigenvalue weighted by Gasteiger charge is -2.35. The van der Waals surface area contributed by atoms with E-state index in [-0.39, 0.29) is 13.2 Å². The third-order valence-electron chi connectivity index (χ3n) is 4.41. The van der Waals surface area contributed by atoms with Crippen molar-refractivity contribution >= 4 is 21.6 Å². The Morgan fingerprint density at radius 2 is 1.73 bits per heavy atom. The molecule has 0 bridgehead atoms. The third kappa shape index (κ3) is 7.62. The summed E-state index contributed by atoms with van der Waals surface area (Å²) in [7, 11) is 3.80. The van der Waals surface area contributed by atoms with Gasteiger partial charge in [-0.25, -0.2) is 0 Å². The van der Waals surface area contributed by atoms with Crippen LogP contribution in [-0.4, -0.2) is 82.9 Å². The van der Waals surface area contributed by atoms with Gasteiger partial charge in [0.2, 0.25) is 0 Å². The summed E-state index contributed by atoms with van der Waals surface area (Å²) in [5.74, 6) is 2.61. The highest BCUT2D eigenvalue weighted by atomic mass is 33.1. The number of nitrogens with zero attached hydrogens (tertiary/aromatic N) is 3. The minimum absolute atomic E-state index is 0.153. The van der Waals surface area contributed by atoms with Crippen molar-refractivity contribution in [1.29, 1.82) is 0 Å². The van der Waals surface area contributed by atoms with E-state index in [4.69, 9.17) is 4.74 Å². The highest BCUT2D eigenvalue weighted by Crippen LogP contribution is 2.21. The molecule has 2 N–H and O–H groups in total. The Balaban J connectivity index is 1.67. The molecule has 0 aromatic carbocycles. The van der Waals surface area contributed by atoms with Gasteiger partial charge in [0.1, 0.15) is 12.4 Å². The molecule has 0 saturated carbocycles. The number of ether oxygens (including phenoxy) is 1. The number of hydrogen-bond acceptors (Lipinski definition) is 8. The first-order valence-electron chi connectivity index (χ1n) is 9.09. The number of aliphatic hydroxyl groups is 2. The Morgan fingerprint density at radius 3 is 2.31 bits per heavy atom. The predicted molar refractivity (Wildman–Crippen MR) is 110 cm³/mol. The molecule has 148 valence electrons. The van der Waals surface area contributed by atoms with Crippen molar-refractivity contribution < 1.29 is 14.9 Å². The molecule has 0 radical (unpaired) electrons. The van der Waals surface area contributed by atoms with Crippen molar-refractivity contribution in [3.05, 3.63) is 23.5 Å². The number of pyridine rings is 1. The SMILES string of the molecule is CSSCC(C)CN1CCN(CCOc2cc(CO)nc(CO)c2)CC1. The zero-order valence-electron chi connectivity index (χ0n) is 15.8. The van der Waals surface area contributed by atoms with Crippen LogP contribution in [0.3, 0.4) is 0 Å². The Bertz CT molecular complexity index is 506. The van der Waals surface area contributed by atoms with Crippen LogP contribution in [0.25, 0.3) is 0 Å². The highest BCUT2D eigenvalue weighted by Gasteiger charge is 2.18. The highest BCUT2D eigenvalue weighted by molar-refractivity contribution is 8.76. The smallest absolute Gasteiger partial charge is 0.123 e. The molecule has 1 aromatic rings. The molecule has 1 aliphatic heterocycles. The number of rotatable bonds is 11. The van der Waals surface area contributed by atoms with Gasteiger partial charge in [-0.3, -0.25) is 9.88 Å². The van der Waals surface area contributed by atoms with Crippen LogP contribution in [-0.2, 0) is 13.2 Å². The zero-order valence-corrected chi connectivity index (χ0v) is 17.4. The van der Waals surface area contributed by atoms with Crippen LogP contribution in [0.4, 0.5) is 0 Å². The number of hydrogen-bond donors (Lipinski definition) is 2. The molecule has 2 heterocycles. The van der Waals surface area contributed by atoms with E-state index in [9.17, 15) is 10.2 Å².